The van der Waals surface area contributed by atoms with Gasteiger partial charge in [0.05, 0.1) is 0 Å². The van der Waals surface area contributed by atoms with E-state index >= 15 is 0 Å². The molecule has 2 aliphatic rings. The molecule has 3 atom stereocenters. The van der Waals surface area contributed by atoms with Crippen molar-refractivity contribution in [3.63, 3.8) is 0 Å². The molecule has 1 N–H and O–H groups in total. The molecule has 0 aromatic carbocycles. The predicted molar refractivity (Wildman–Crippen MR) is 86.3 cm³/mol. The lowest BCUT2D eigenvalue weighted by atomic mass is 10.0. The summed E-state index contributed by atoms with van der Waals surface area (Å²) in [5.41, 5.74) is 0. The van der Waals surface area contributed by atoms with Gasteiger partial charge in [0.25, 0.3) is 10.2 Å². The maximum Gasteiger partial charge on any atom is 0.282 e. The topological polar surface area (TPSA) is 52.7 Å². The summed E-state index contributed by atoms with van der Waals surface area (Å²) in [5, 5.41) is 3.39. The van der Waals surface area contributed by atoms with Crippen LogP contribution in [-0.4, -0.2) is 55.8 Å². The normalized spacial score (nSPS) is 32.6. The monoisotopic (exact) mass is 317 g/mol. The van der Waals surface area contributed by atoms with E-state index < -0.39 is 10.2 Å². The number of nitrogens with zero attached hydrogens (tertiary/aromatic N) is 2. The van der Waals surface area contributed by atoms with Crippen molar-refractivity contribution < 1.29 is 8.42 Å². The largest absolute Gasteiger partial charge is 0.315 e. The third-order valence-electron chi connectivity index (χ3n) is 4.96. The maximum atomic E-state index is 12.9. The molecule has 0 aliphatic carbocycles. The molecule has 2 fully saturated rings. The van der Waals surface area contributed by atoms with Crippen LogP contribution in [0.2, 0.25) is 0 Å². The summed E-state index contributed by atoms with van der Waals surface area (Å²) in [7, 11) is -3.29. The van der Waals surface area contributed by atoms with Crippen LogP contribution in [-0.2, 0) is 10.2 Å². The minimum absolute atomic E-state index is 0.126. The van der Waals surface area contributed by atoms with Gasteiger partial charge in [-0.25, -0.2) is 0 Å². The first kappa shape index (κ1) is 17.2. The van der Waals surface area contributed by atoms with Crippen molar-refractivity contribution in [1.82, 2.24) is 13.9 Å². The van der Waals surface area contributed by atoms with Gasteiger partial charge in [-0.05, 0) is 37.6 Å². The molecule has 0 aromatic rings. The first-order valence-corrected chi connectivity index (χ1v) is 9.84. The van der Waals surface area contributed by atoms with Crippen LogP contribution >= 0.6 is 0 Å². The number of piperidine rings is 1. The van der Waals surface area contributed by atoms with Crippen LogP contribution in [0.25, 0.3) is 0 Å². The minimum Gasteiger partial charge on any atom is -0.315 e. The van der Waals surface area contributed by atoms with E-state index in [1.807, 2.05) is 0 Å². The van der Waals surface area contributed by atoms with Gasteiger partial charge in [-0.15, -0.1) is 0 Å². The van der Waals surface area contributed by atoms with Gasteiger partial charge in [-0.1, -0.05) is 27.2 Å². The molecule has 124 valence electrons. The Morgan fingerprint density at radius 1 is 1.14 bits per heavy atom. The third kappa shape index (κ3) is 3.97. The van der Waals surface area contributed by atoms with Gasteiger partial charge in [0.1, 0.15) is 0 Å². The molecular formula is C15H31N3O2S. The molecule has 5 nitrogen and oxygen atoms in total. The summed E-state index contributed by atoms with van der Waals surface area (Å²) in [6.45, 7) is 10.2. The van der Waals surface area contributed by atoms with Crippen molar-refractivity contribution in [3.05, 3.63) is 0 Å². The summed E-state index contributed by atoms with van der Waals surface area (Å²) in [6, 6.07) is 0.126. The van der Waals surface area contributed by atoms with E-state index in [-0.39, 0.29) is 6.04 Å². The Morgan fingerprint density at radius 2 is 1.81 bits per heavy atom. The molecule has 2 aliphatic heterocycles. The SMILES string of the molecule is CCCNCC1CCCCN1S(=O)(=O)N1CC(C)C(C)C1. The van der Waals surface area contributed by atoms with E-state index in [9.17, 15) is 8.42 Å². The van der Waals surface area contributed by atoms with Crippen molar-refractivity contribution in [2.75, 3.05) is 32.7 Å². The maximum absolute atomic E-state index is 12.9. The molecule has 0 spiro atoms. The fourth-order valence-electron chi connectivity index (χ4n) is 3.34. The molecular weight excluding hydrogens is 286 g/mol. The summed E-state index contributed by atoms with van der Waals surface area (Å²) in [6.07, 6.45) is 4.19. The van der Waals surface area contributed by atoms with E-state index in [1.165, 1.54) is 0 Å². The zero-order valence-electron chi connectivity index (χ0n) is 13.7. The molecule has 0 bridgehead atoms. The highest BCUT2D eigenvalue weighted by atomic mass is 32.2. The Kier molecular flexibility index (Phi) is 6.05. The van der Waals surface area contributed by atoms with Crippen molar-refractivity contribution >= 4 is 10.2 Å². The number of hydrogen-bond donors (Lipinski definition) is 1. The number of nitrogens with one attached hydrogen (secondary N) is 1. The Morgan fingerprint density at radius 3 is 2.43 bits per heavy atom. The molecule has 2 heterocycles. The molecule has 21 heavy (non-hydrogen) atoms. The zero-order chi connectivity index (χ0) is 15.5. The van der Waals surface area contributed by atoms with Gasteiger partial charge < -0.3 is 5.32 Å². The van der Waals surface area contributed by atoms with Gasteiger partial charge in [0.15, 0.2) is 0 Å². The Hall–Kier alpha value is -0.170. The van der Waals surface area contributed by atoms with Crippen LogP contribution in [0, 0.1) is 11.8 Å². The van der Waals surface area contributed by atoms with Crippen LogP contribution in [0.15, 0.2) is 0 Å². The van der Waals surface area contributed by atoms with E-state index in [1.54, 1.807) is 8.61 Å². The third-order valence-corrected chi connectivity index (χ3v) is 6.98. The average molecular weight is 317 g/mol. The van der Waals surface area contributed by atoms with Gasteiger partial charge in [0.2, 0.25) is 0 Å². The van der Waals surface area contributed by atoms with Crippen LogP contribution in [0.4, 0.5) is 0 Å². The minimum atomic E-state index is -3.29. The van der Waals surface area contributed by atoms with Crippen LogP contribution in [0.1, 0.15) is 46.5 Å². The molecule has 2 saturated heterocycles. The summed E-state index contributed by atoms with van der Waals surface area (Å²) in [4.78, 5) is 0. The number of hydrogen-bond acceptors (Lipinski definition) is 3. The molecule has 0 radical (unpaired) electrons. The smallest absolute Gasteiger partial charge is 0.282 e. The van der Waals surface area contributed by atoms with Crippen LogP contribution < -0.4 is 5.32 Å². The average Bonchev–Trinajstić information content (AvgIpc) is 2.80. The van der Waals surface area contributed by atoms with E-state index in [4.69, 9.17) is 0 Å². The van der Waals surface area contributed by atoms with E-state index in [2.05, 4.69) is 26.1 Å². The standard InChI is InChI=1S/C15H31N3O2S/c1-4-8-16-10-15-7-5-6-9-18(15)21(19,20)17-11-13(2)14(3)12-17/h13-16H,4-12H2,1-3H3. The van der Waals surface area contributed by atoms with Crippen LogP contribution in [0.3, 0.4) is 0 Å². The van der Waals surface area contributed by atoms with Gasteiger partial charge in [-0.2, -0.15) is 17.0 Å². The van der Waals surface area contributed by atoms with Crippen molar-refractivity contribution in [1.29, 1.82) is 0 Å². The van der Waals surface area contributed by atoms with Crippen molar-refractivity contribution in [2.24, 2.45) is 11.8 Å². The fourth-order valence-corrected chi connectivity index (χ4v) is 5.40. The van der Waals surface area contributed by atoms with Crippen molar-refractivity contribution in [3.8, 4) is 0 Å². The summed E-state index contributed by atoms with van der Waals surface area (Å²) < 4.78 is 29.4. The second-order valence-electron chi connectivity index (χ2n) is 6.74. The Balaban J connectivity index is 2.05. The molecule has 3 unspecified atom stereocenters. The lowest BCUT2D eigenvalue weighted by molar-refractivity contribution is 0.229. The molecule has 0 saturated carbocycles. The second-order valence-corrected chi connectivity index (χ2v) is 8.62. The first-order valence-electron chi connectivity index (χ1n) is 8.44. The highest BCUT2D eigenvalue weighted by molar-refractivity contribution is 7.86. The number of rotatable bonds is 6. The van der Waals surface area contributed by atoms with Gasteiger partial charge in [-0.3, -0.25) is 0 Å². The predicted octanol–water partition coefficient (Wildman–Crippen LogP) is 1.67. The van der Waals surface area contributed by atoms with E-state index in [0.29, 0.717) is 31.5 Å². The lowest BCUT2D eigenvalue weighted by Crippen LogP contribution is -2.53. The lowest BCUT2D eigenvalue weighted by Gasteiger charge is -2.37. The molecule has 2 rings (SSSR count). The second kappa shape index (κ2) is 7.40. The molecule has 0 amide bonds. The Bertz CT molecular complexity index is 417. The first-order chi connectivity index (χ1) is 9.96. The van der Waals surface area contributed by atoms with Gasteiger partial charge >= 0.3 is 0 Å². The summed E-state index contributed by atoms with van der Waals surface area (Å²) in [5.74, 6) is 0.919. The van der Waals surface area contributed by atoms with Gasteiger partial charge in [0, 0.05) is 32.2 Å². The molecule has 6 heteroatoms. The molecule has 0 aromatic heterocycles. The fraction of sp³-hybridized carbons (Fsp3) is 1.00. The van der Waals surface area contributed by atoms with E-state index in [0.717, 1.165) is 38.8 Å². The van der Waals surface area contributed by atoms with Crippen molar-refractivity contribution in [2.45, 2.75) is 52.5 Å². The van der Waals surface area contributed by atoms with Crippen LogP contribution in [0.5, 0.6) is 0 Å². The summed E-state index contributed by atoms with van der Waals surface area (Å²) >= 11 is 0. The highest BCUT2D eigenvalue weighted by Crippen LogP contribution is 2.29. The Labute approximate surface area is 130 Å². The zero-order valence-corrected chi connectivity index (χ0v) is 14.5. The quantitative estimate of drug-likeness (QED) is 0.758. The highest BCUT2D eigenvalue weighted by Gasteiger charge is 2.40.